The van der Waals surface area contributed by atoms with Gasteiger partial charge in [0.25, 0.3) is 5.91 Å². The first kappa shape index (κ1) is 26.1. The Morgan fingerprint density at radius 3 is 2.32 bits per heavy atom. The van der Waals surface area contributed by atoms with Crippen LogP contribution < -0.4 is 0 Å². The predicted octanol–water partition coefficient (Wildman–Crippen LogP) is 4.58. The minimum atomic E-state index is -3.67. The molecule has 0 atom stereocenters. The molecule has 3 aromatic rings. The summed E-state index contributed by atoms with van der Waals surface area (Å²) in [6, 6.07) is 10.4. The van der Waals surface area contributed by atoms with Crippen molar-refractivity contribution in [3.63, 3.8) is 0 Å². The number of nitrogens with zero attached hydrogens (tertiary/aromatic N) is 4. The van der Waals surface area contributed by atoms with E-state index in [0.717, 1.165) is 47.4 Å². The zero-order valence-electron chi connectivity index (χ0n) is 20.9. The number of carbonyl (C=O) groups excluding carboxylic acids is 1. The van der Waals surface area contributed by atoms with E-state index in [9.17, 15) is 13.2 Å². The van der Waals surface area contributed by atoms with Crippen molar-refractivity contribution in [1.29, 1.82) is 5.41 Å². The molecule has 2 fully saturated rings. The van der Waals surface area contributed by atoms with E-state index in [4.69, 9.17) is 22.0 Å². The van der Waals surface area contributed by atoms with Crippen molar-refractivity contribution in [2.24, 2.45) is 0 Å². The van der Waals surface area contributed by atoms with Gasteiger partial charge in [0, 0.05) is 50.2 Å². The maximum absolute atomic E-state index is 13.3. The summed E-state index contributed by atoms with van der Waals surface area (Å²) >= 11 is 7.52. The van der Waals surface area contributed by atoms with Gasteiger partial charge in [0.15, 0.2) is 0 Å². The zero-order chi connectivity index (χ0) is 26.3. The van der Waals surface area contributed by atoms with Crippen molar-refractivity contribution < 1.29 is 13.2 Å². The Bertz CT molecular complexity index is 1460. The van der Waals surface area contributed by atoms with Crippen LogP contribution in [0.25, 0.3) is 10.8 Å². The molecular weight excluding hydrogens is 530 g/mol. The van der Waals surface area contributed by atoms with E-state index in [2.05, 4.69) is 4.90 Å². The maximum Gasteiger partial charge on any atom is 0.265 e. The Kier molecular flexibility index (Phi) is 7.28. The number of aryl methyl sites for hydroxylation is 1. The lowest BCUT2D eigenvalue weighted by atomic mass is 9.97. The van der Waals surface area contributed by atoms with Crippen LogP contribution in [0.2, 0.25) is 5.02 Å². The van der Waals surface area contributed by atoms with Crippen molar-refractivity contribution in [3.05, 3.63) is 57.0 Å². The lowest BCUT2D eigenvalue weighted by Gasteiger charge is -2.34. The molecule has 1 N–H and O–H groups in total. The van der Waals surface area contributed by atoms with Crippen molar-refractivity contribution >= 4 is 55.5 Å². The molecule has 0 aliphatic carbocycles. The first-order valence-corrected chi connectivity index (χ1v) is 15.0. The number of carbonyl (C=O) groups is 1. The van der Waals surface area contributed by atoms with Gasteiger partial charge in [-0.25, -0.2) is 13.4 Å². The molecule has 11 heteroatoms. The third-order valence-corrected chi connectivity index (χ3v) is 10.7. The van der Waals surface area contributed by atoms with Crippen LogP contribution in [0.3, 0.4) is 0 Å². The molecule has 2 saturated heterocycles. The van der Waals surface area contributed by atoms with Crippen LogP contribution in [0, 0.1) is 12.3 Å². The monoisotopic (exact) mass is 559 g/mol. The highest BCUT2D eigenvalue weighted by Gasteiger charge is 2.32. The number of aromatic nitrogens is 1. The molecule has 0 spiro atoms. The lowest BCUT2D eigenvalue weighted by Crippen LogP contribution is -2.50. The van der Waals surface area contributed by atoms with Crippen molar-refractivity contribution in [2.75, 3.05) is 39.3 Å². The van der Waals surface area contributed by atoms with Crippen molar-refractivity contribution in [2.45, 2.75) is 37.5 Å². The van der Waals surface area contributed by atoms with Gasteiger partial charge in [0.1, 0.15) is 4.88 Å². The number of nitrogens with one attached hydrogen (secondary N) is 1. The van der Waals surface area contributed by atoms with Crippen LogP contribution in [0.5, 0.6) is 0 Å². The second-order valence-electron chi connectivity index (χ2n) is 9.66. The largest absolute Gasteiger partial charge is 0.361 e. The van der Waals surface area contributed by atoms with Crippen LogP contribution in [-0.2, 0) is 10.0 Å². The zero-order valence-corrected chi connectivity index (χ0v) is 23.3. The Morgan fingerprint density at radius 2 is 1.65 bits per heavy atom. The second-order valence-corrected chi connectivity index (χ2v) is 13.1. The van der Waals surface area contributed by atoms with Crippen LogP contribution in [-0.4, -0.2) is 78.5 Å². The summed E-state index contributed by atoms with van der Waals surface area (Å²) in [4.78, 5) is 22.8. The number of rotatable bonds is 4. The number of hydrogen-bond donors (Lipinski definition) is 1. The number of halogens is 1. The third-order valence-electron chi connectivity index (χ3n) is 7.26. The molecule has 1 amide bonds. The van der Waals surface area contributed by atoms with Crippen LogP contribution in [0.4, 0.5) is 0 Å². The van der Waals surface area contributed by atoms with E-state index in [-0.39, 0.29) is 23.9 Å². The maximum atomic E-state index is 13.3. The Morgan fingerprint density at radius 1 is 1.00 bits per heavy atom. The number of likely N-dealkylation sites (tertiary alicyclic amines) is 1. The number of piperidine rings is 1. The average Bonchev–Trinajstić information content (AvgIpc) is 3.29. The molecule has 0 radical (unpaired) electrons. The number of hydrogen-bond acceptors (Lipinski definition) is 6. The molecule has 1 aromatic heterocycles. The van der Waals surface area contributed by atoms with Crippen LogP contribution in [0.15, 0.2) is 41.3 Å². The fourth-order valence-electron chi connectivity index (χ4n) is 5.03. The normalized spacial score (nSPS) is 17.9. The van der Waals surface area contributed by atoms with Crippen LogP contribution in [0.1, 0.15) is 46.1 Å². The molecule has 8 nitrogen and oxygen atoms in total. The Labute approximate surface area is 226 Å². The minimum Gasteiger partial charge on any atom is -0.361 e. The van der Waals surface area contributed by atoms with Gasteiger partial charge in [-0.3, -0.25) is 10.2 Å². The minimum absolute atomic E-state index is 0.0753. The van der Waals surface area contributed by atoms with E-state index in [1.165, 1.54) is 15.6 Å². The molecule has 2 aliphatic rings. The van der Waals surface area contributed by atoms with E-state index in [1.54, 1.807) is 29.2 Å². The van der Waals surface area contributed by atoms with Gasteiger partial charge >= 0.3 is 0 Å². The van der Waals surface area contributed by atoms with E-state index >= 15 is 0 Å². The summed E-state index contributed by atoms with van der Waals surface area (Å²) in [5.74, 6) is 0.825. The quantitative estimate of drug-likeness (QED) is 0.373. The molecule has 2 aliphatic heterocycles. The third kappa shape index (κ3) is 5.25. The van der Waals surface area contributed by atoms with Gasteiger partial charge in [0.05, 0.1) is 21.4 Å². The first-order chi connectivity index (χ1) is 17.6. The van der Waals surface area contributed by atoms with Gasteiger partial charge in [-0.2, -0.15) is 4.31 Å². The van der Waals surface area contributed by atoms with Gasteiger partial charge in [-0.1, -0.05) is 23.7 Å². The highest BCUT2D eigenvalue weighted by atomic mass is 35.5. The SMILES string of the molecule is CC(=N)N1CCC(c2nc(C)c(C(=O)N3CCN(S(=O)(=O)c4ccc5cc(Cl)ccc5c4)CC3)s2)CC1. The fourth-order valence-corrected chi connectivity index (χ4v) is 7.87. The predicted molar refractivity (Wildman–Crippen MR) is 147 cm³/mol. The molecule has 5 rings (SSSR count). The Balaban J connectivity index is 1.24. The fraction of sp³-hybridized carbons (Fsp3) is 0.423. The average molecular weight is 560 g/mol. The second kappa shape index (κ2) is 10.3. The smallest absolute Gasteiger partial charge is 0.265 e. The molecule has 0 unspecified atom stereocenters. The molecule has 37 heavy (non-hydrogen) atoms. The summed E-state index contributed by atoms with van der Waals surface area (Å²) in [5, 5.41) is 11.1. The van der Waals surface area contributed by atoms with Gasteiger partial charge in [-0.15, -0.1) is 11.3 Å². The van der Waals surface area contributed by atoms with Crippen molar-refractivity contribution in [1.82, 2.24) is 19.1 Å². The molecule has 0 saturated carbocycles. The number of piperazine rings is 1. The Hall–Kier alpha value is -2.53. The molecule has 3 heterocycles. The standard InChI is InChI=1S/C26H30ClN5O3S2/c1-17-24(36-25(29-17)19-7-9-30(10-8-19)18(2)28)26(33)31-11-13-32(14-12-31)37(34,35)23-6-4-20-15-22(27)5-3-21(20)16-23/h3-6,15-16,19,28H,7-14H2,1-2H3. The highest BCUT2D eigenvalue weighted by Crippen LogP contribution is 2.33. The molecule has 0 bridgehead atoms. The number of sulfonamides is 1. The molecule has 196 valence electrons. The number of fused-ring (bicyclic) bond motifs is 1. The summed E-state index contributed by atoms with van der Waals surface area (Å²) in [7, 11) is -3.67. The van der Waals surface area contributed by atoms with Gasteiger partial charge in [-0.05, 0) is 61.7 Å². The summed E-state index contributed by atoms with van der Waals surface area (Å²) < 4.78 is 28.1. The summed E-state index contributed by atoms with van der Waals surface area (Å²) in [6.45, 7) is 6.53. The van der Waals surface area contributed by atoms with E-state index in [0.29, 0.717) is 34.7 Å². The topological polar surface area (TPSA) is 97.7 Å². The molecule has 2 aromatic carbocycles. The van der Waals surface area contributed by atoms with Gasteiger partial charge in [0.2, 0.25) is 10.0 Å². The van der Waals surface area contributed by atoms with Crippen molar-refractivity contribution in [3.8, 4) is 0 Å². The number of thiazole rings is 1. The lowest BCUT2D eigenvalue weighted by molar-refractivity contribution is 0.0702. The van der Waals surface area contributed by atoms with E-state index < -0.39 is 10.0 Å². The first-order valence-electron chi connectivity index (χ1n) is 12.4. The highest BCUT2D eigenvalue weighted by molar-refractivity contribution is 7.89. The van der Waals surface area contributed by atoms with E-state index in [1.807, 2.05) is 26.0 Å². The number of benzene rings is 2. The van der Waals surface area contributed by atoms with Crippen LogP contribution >= 0.6 is 22.9 Å². The number of amidine groups is 1. The molecular formula is C26H30ClN5O3S2. The summed E-state index contributed by atoms with van der Waals surface area (Å²) in [6.07, 6.45) is 1.85. The van der Waals surface area contributed by atoms with Gasteiger partial charge < -0.3 is 9.80 Å². The summed E-state index contributed by atoms with van der Waals surface area (Å²) in [5.41, 5.74) is 0.738. The number of amides is 1.